The summed E-state index contributed by atoms with van der Waals surface area (Å²) in [6.45, 7) is 11.8. The maximum Gasteiger partial charge on any atom is 0.255 e. The molecule has 0 radical (unpaired) electrons. The lowest BCUT2D eigenvalue weighted by Gasteiger charge is -2.34. The van der Waals surface area contributed by atoms with E-state index in [2.05, 4.69) is 20.8 Å². The molecule has 15 rings (SSSR count). The van der Waals surface area contributed by atoms with Crippen molar-refractivity contribution in [1.82, 2.24) is 14.1 Å². The SMILES string of the molecule is [2H]c1c([2H])c([2H])c(-c2c([2H])c(-c3cccc(C(C)(C)C)c3-[n+]3cn(-c4cccc(Oc5ccc6c7ccccc7n(-c7cc(C(C)(C)C)ccn7)c6c5)c4)c4cc(-c5c([2H])c([2H])c([2H])c([Si](c6c([2H])c([2H])c([2H])c([2H])c6[2H])(c6c([2H])c([2H])c([2H])c([2H])c6[2H])c6c([2H])c([2H])c([2H])c([2H])c6[2H])c5[2H])ccc43)c([2H])c(-c3c([2H])c([2H])c([2H])c([2H])c3[2H])c2[2H])c([2H])c1[2H]. The third kappa shape index (κ3) is 10.5. The number of para-hydroxylation sites is 2. The van der Waals surface area contributed by atoms with Crippen LogP contribution in [0.5, 0.6) is 11.5 Å². The van der Waals surface area contributed by atoms with Crippen LogP contribution in [0.25, 0.3) is 94.5 Å². The monoisotopic (exact) mass is 1240 g/mol. The zero-order valence-corrected chi connectivity index (χ0v) is 51.3. The summed E-state index contributed by atoms with van der Waals surface area (Å²) >= 11 is 0. The second-order valence-electron chi connectivity index (χ2n) is 23.8. The molecular weight excluding hydrogens is 1130 g/mol. The van der Waals surface area contributed by atoms with Gasteiger partial charge in [0.05, 0.1) is 54.9 Å². The van der Waals surface area contributed by atoms with E-state index in [9.17, 15) is 31.5 Å². The molecule has 0 spiro atoms. The van der Waals surface area contributed by atoms with E-state index in [-0.39, 0.29) is 44.7 Å². The van der Waals surface area contributed by atoms with Gasteiger partial charge in [0.15, 0.2) is 19.1 Å². The van der Waals surface area contributed by atoms with Crippen molar-refractivity contribution < 1.29 is 53.2 Å². The Labute approximate surface area is 585 Å². The van der Waals surface area contributed by atoms with Crippen molar-refractivity contribution in [3.05, 3.63) is 332 Å². The summed E-state index contributed by atoms with van der Waals surface area (Å²) in [6, 6.07) is 0.168. The minimum Gasteiger partial charge on any atom is -0.457 e. The molecule has 3 heterocycles. The first-order valence-corrected chi connectivity index (χ1v) is 31.3. The van der Waals surface area contributed by atoms with Gasteiger partial charge in [-0.2, -0.15) is 9.13 Å². The molecule has 3 aromatic heterocycles. The maximum absolute atomic E-state index is 10.8. The minimum atomic E-state index is -6.38. The second kappa shape index (κ2) is 23.5. The quantitative estimate of drug-likeness (QED) is 0.0655. The van der Waals surface area contributed by atoms with Gasteiger partial charge in [0.2, 0.25) is 0 Å². The molecule has 0 amide bonds. The minimum absolute atomic E-state index is 0.0748. The fourth-order valence-electron chi connectivity index (χ4n) is 11.8. The molecule has 0 unspecified atom stereocenters. The number of nitrogens with zero attached hydrogens (tertiary/aromatic N) is 4. The lowest BCUT2D eigenvalue weighted by atomic mass is 9.82. The molecule has 0 aliphatic heterocycles. The Hall–Kier alpha value is -10.9. The largest absolute Gasteiger partial charge is 0.457 e. The highest BCUT2D eigenvalue weighted by Crippen LogP contribution is 2.41. The second-order valence-corrected chi connectivity index (χ2v) is 27.3. The molecule has 6 heteroatoms. The van der Waals surface area contributed by atoms with Crippen LogP contribution in [0.3, 0.4) is 0 Å². The predicted molar refractivity (Wildman–Crippen MR) is 386 cm³/mol. The van der Waals surface area contributed by atoms with E-state index in [0.717, 1.165) is 27.4 Å². The molecule has 0 saturated heterocycles. The Kier molecular flexibility index (Phi) is 8.21. The molecule has 12 aromatic carbocycles. The highest BCUT2D eigenvalue weighted by molar-refractivity contribution is 7.19. The summed E-state index contributed by atoms with van der Waals surface area (Å²) in [5.74, 6) is 1.20. The van der Waals surface area contributed by atoms with Gasteiger partial charge in [0.25, 0.3) is 6.33 Å². The normalized spacial score (nSPS) is 16.9. The molecule has 0 bridgehead atoms. The summed E-state index contributed by atoms with van der Waals surface area (Å²) < 4.78 is 314. The van der Waals surface area contributed by atoms with Gasteiger partial charge in [0, 0.05) is 40.2 Å². The fourth-order valence-corrected chi connectivity index (χ4v) is 15.3. The van der Waals surface area contributed by atoms with Crippen LogP contribution >= 0.6 is 0 Å². The van der Waals surface area contributed by atoms with E-state index in [1.165, 1.54) is 24.3 Å². The number of aromatic nitrogens is 4. The molecule has 0 aliphatic carbocycles. The number of imidazole rings is 1. The number of hydrogen-bond donors (Lipinski definition) is 0. The van der Waals surface area contributed by atoms with Gasteiger partial charge in [-0.25, -0.2) is 4.98 Å². The van der Waals surface area contributed by atoms with Gasteiger partial charge in [0.1, 0.15) is 28.7 Å². The first kappa shape index (κ1) is 32.2. The molecule has 0 aliphatic rings. The summed E-state index contributed by atoms with van der Waals surface area (Å²) in [4.78, 5) is 4.85. The summed E-state index contributed by atoms with van der Waals surface area (Å²) in [5.41, 5.74) is -1.87. The van der Waals surface area contributed by atoms with Crippen molar-refractivity contribution in [2.45, 2.75) is 52.4 Å². The highest BCUT2D eigenvalue weighted by Gasteiger charge is 2.41. The average molecular weight is 1240 g/mol. The van der Waals surface area contributed by atoms with Gasteiger partial charge in [-0.1, -0.05) is 259 Å². The third-order valence-corrected chi connectivity index (χ3v) is 20.1. The van der Waals surface area contributed by atoms with Gasteiger partial charge in [-0.05, 0) is 155 Å². The van der Waals surface area contributed by atoms with Crippen LogP contribution in [0, 0.1) is 0 Å². The molecule has 0 atom stereocenters. The van der Waals surface area contributed by atoms with Crippen molar-refractivity contribution >= 4 is 61.7 Å². The summed E-state index contributed by atoms with van der Waals surface area (Å²) in [5, 5.41) is -2.40. The van der Waals surface area contributed by atoms with Crippen molar-refractivity contribution in [2.75, 3.05) is 0 Å². The highest BCUT2D eigenvalue weighted by atomic mass is 28.3. The van der Waals surface area contributed by atoms with Crippen LogP contribution in [-0.2, 0) is 10.8 Å². The van der Waals surface area contributed by atoms with Crippen molar-refractivity contribution in [2.24, 2.45) is 0 Å². The average Bonchev–Trinajstić information content (AvgIpc) is 1.29. The van der Waals surface area contributed by atoms with Crippen LogP contribution in [0.15, 0.2) is 321 Å². The van der Waals surface area contributed by atoms with Crippen LogP contribution in [0.4, 0.5) is 0 Å². The van der Waals surface area contributed by atoms with Gasteiger partial charge in [-0.3, -0.25) is 4.57 Å². The number of ether oxygens (including phenoxy) is 1. The molecule has 5 nitrogen and oxygen atoms in total. The van der Waals surface area contributed by atoms with Crippen LogP contribution in [0.1, 0.15) is 96.5 Å². The van der Waals surface area contributed by atoms with E-state index >= 15 is 0 Å². The molecule has 444 valence electrons. The van der Waals surface area contributed by atoms with Crippen LogP contribution < -0.4 is 30.1 Å². The summed E-state index contributed by atoms with van der Waals surface area (Å²) in [6.07, 6.45) is 3.32. The van der Waals surface area contributed by atoms with E-state index in [1.54, 1.807) is 64.1 Å². The number of fused-ring (bicyclic) bond motifs is 4. The Morgan fingerprint density at radius 1 is 0.424 bits per heavy atom. The Morgan fingerprint density at radius 3 is 1.64 bits per heavy atom. The third-order valence-electron chi connectivity index (χ3n) is 16.1. The fraction of sp³-hybridized carbons (Fsp3) is 0.0930. The molecule has 0 fully saturated rings. The zero-order valence-electron chi connectivity index (χ0n) is 82.3. The Morgan fingerprint density at radius 2 is 1.00 bits per heavy atom. The van der Waals surface area contributed by atoms with E-state index in [4.69, 9.17) is 22.1 Å². The van der Waals surface area contributed by atoms with Crippen molar-refractivity contribution in [3.8, 4) is 73.2 Å². The molecule has 15 aromatic rings. The summed E-state index contributed by atoms with van der Waals surface area (Å²) in [7, 11) is -6.38. The van der Waals surface area contributed by atoms with Crippen molar-refractivity contribution in [3.63, 3.8) is 0 Å². The predicted octanol–water partition coefficient (Wildman–Crippen LogP) is 18.8. The number of hydrogen-bond acceptors (Lipinski definition) is 2. The molecule has 92 heavy (non-hydrogen) atoms. The van der Waals surface area contributed by atoms with Gasteiger partial charge >= 0.3 is 0 Å². The van der Waals surface area contributed by atoms with Gasteiger partial charge in [-0.15, -0.1) is 0 Å². The number of pyridine rings is 1. The Balaban J connectivity index is 1.08. The van der Waals surface area contributed by atoms with E-state index < -0.39 is 261 Å². The molecular formula is C86H71N4OSi+. The lowest BCUT2D eigenvalue weighted by molar-refractivity contribution is -0.567. The standard InChI is InChI=1S/C86H71N4OSi/c1-85(2,3)67-49-50-87-83(56-67)90-79-44-23-22-41-76(79)77-47-46-70(58-81(77)90)91-69-33-25-32-68(57-69)88-59-89(84-75(42-26-43-78(84)86(4,5)6)66-52-64(60-27-12-7-13-28-60)51-65(53-66)61-29-14-8-15-30-61)80-48-45-63(55-82(80)88)62-31-24-40-74(54-62)92(71-34-16-9-17-35-71,72-36-18-10-19-37-72)73-38-20-11-21-39-73/h7-59H,1-6H3/q+1/i7D,8D,9D,10D,11D,12D,13D,14D,15D,16D,17D,18D,19D,20D,21D,24D,27D,28D,29D,30D,31D,34D,35D,36D,37D,38D,39D,40D,51D,52D,53D,54D. The zero-order chi connectivity index (χ0) is 90.4. The molecule has 0 saturated carbocycles. The lowest BCUT2D eigenvalue weighted by Crippen LogP contribution is -2.74. The molecule has 0 N–H and O–H groups in total. The van der Waals surface area contributed by atoms with Crippen LogP contribution in [0.2, 0.25) is 0 Å². The van der Waals surface area contributed by atoms with Crippen LogP contribution in [-0.4, -0.2) is 22.2 Å². The maximum atomic E-state index is 10.8. The number of benzene rings is 12. The van der Waals surface area contributed by atoms with E-state index in [1.807, 2.05) is 73.9 Å². The topological polar surface area (TPSA) is 35.9 Å². The smallest absolute Gasteiger partial charge is 0.255 e. The van der Waals surface area contributed by atoms with E-state index in [0.29, 0.717) is 17.1 Å². The first-order chi connectivity index (χ1) is 58.2. The Bertz CT molecular complexity index is 6820. The first-order valence-electron chi connectivity index (χ1n) is 45.3. The van der Waals surface area contributed by atoms with Gasteiger partial charge < -0.3 is 4.74 Å². The number of rotatable bonds is 13. The van der Waals surface area contributed by atoms with Crippen molar-refractivity contribution in [1.29, 1.82) is 0 Å².